The van der Waals surface area contributed by atoms with Gasteiger partial charge in [0.05, 0.1) is 19.0 Å². The molecule has 2 aromatic carbocycles. The first-order chi connectivity index (χ1) is 11.3. The van der Waals surface area contributed by atoms with Crippen LogP contribution in [0, 0.1) is 6.92 Å². The molecule has 5 nitrogen and oxygen atoms in total. The molecule has 0 spiro atoms. The largest absolute Gasteiger partial charge is 0.497 e. The van der Waals surface area contributed by atoms with Gasteiger partial charge in [0, 0.05) is 13.6 Å². The zero-order chi connectivity index (χ0) is 17.7. The summed E-state index contributed by atoms with van der Waals surface area (Å²) in [6.45, 7) is 1.92. The molecule has 0 heterocycles. The highest BCUT2D eigenvalue weighted by Gasteiger charge is 2.22. The van der Waals surface area contributed by atoms with Gasteiger partial charge in [-0.05, 0) is 30.2 Å². The molecule has 1 atom stereocenters. The van der Waals surface area contributed by atoms with Crippen molar-refractivity contribution in [1.82, 2.24) is 4.31 Å². The Morgan fingerprint density at radius 3 is 2.42 bits per heavy atom. The summed E-state index contributed by atoms with van der Waals surface area (Å²) >= 11 is 0. The van der Waals surface area contributed by atoms with Crippen molar-refractivity contribution in [3.05, 3.63) is 65.2 Å². The minimum atomic E-state index is -3.50. The maximum absolute atomic E-state index is 12.5. The van der Waals surface area contributed by atoms with Gasteiger partial charge in [0.1, 0.15) is 5.75 Å². The third-order valence-electron chi connectivity index (χ3n) is 3.84. The second-order valence-corrected chi connectivity index (χ2v) is 7.89. The van der Waals surface area contributed by atoms with Crippen LogP contribution >= 0.6 is 0 Å². The Balaban J connectivity index is 2.04. The SMILES string of the molecule is COc1ccc(C(O)CN(C)S(=O)(=O)Cc2cccc(C)c2)cc1. The quantitative estimate of drug-likeness (QED) is 0.834. The molecule has 130 valence electrons. The van der Waals surface area contributed by atoms with Gasteiger partial charge in [0.25, 0.3) is 0 Å². The van der Waals surface area contributed by atoms with Gasteiger partial charge in [-0.15, -0.1) is 0 Å². The Morgan fingerprint density at radius 1 is 1.17 bits per heavy atom. The molecule has 0 bridgehead atoms. The Morgan fingerprint density at radius 2 is 1.83 bits per heavy atom. The lowest BCUT2D eigenvalue weighted by Gasteiger charge is -2.21. The van der Waals surface area contributed by atoms with Crippen LogP contribution in [-0.2, 0) is 15.8 Å². The fourth-order valence-electron chi connectivity index (χ4n) is 2.41. The fraction of sp³-hybridized carbons (Fsp3) is 0.333. The van der Waals surface area contributed by atoms with Crippen molar-refractivity contribution in [2.75, 3.05) is 20.7 Å². The number of hydrogen-bond donors (Lipinski definition) is 1. The molecule has 0 fully saturated rings. The van der Waals surface area contributed by atoms with E-state index in [4.69, 9.17) is 4.74 Å². The van der Waals surface area contributed by atoms with E-state index >= 15 is 0 Å². The second kappa shape index (κ2) is 7.79. The molecule has 0 aliphatic heterocycles. The average Bonchev–Trinajstić information content (AvgIpc) is 2.54. The number of likely N-dealkylation sites (N-methyl/N-ethyl adjacent to an activating group) is 1. The molecule has 0 aliphatic rings. The normalized spacial score (nSPS) is 13.0. The van der Waals surface area contributed by atoms with E-state index in [1.54, 1.807) is 37.4 Å². The number of benzene rings is 2. The van der Waals surface area contributed by atoms with Crippen LogP contribution in [0.4, 0.5) is 0 Å². The van der Waals surface area contributed by atoms with Crippen molar-refractivity contribution in [2.24, 2.45) is 0 Å². The molecular weight excluding hydrogens is 326 g/mol. The van der Waals surface area contributed by atoms with E-state index in [9.17, 15) is 13.5 Å². The Bertz CT molecular complexity index is 772. The van der Waals surface area contributed by atoms with Crippen LogP contribution < -0.4 is 4.74 Å². The van der Waals surface area contributed by atoms with Crippen LogP contribution in [0.5, 0.6) is 5.75 Å². The summed E-state index contributed by atoms with van der Waals surface area (Å²) in [5, 5.41) is 10.3. The highest BCUT2D eigenvalue weighted by atomic mass is 32.2. The highest BCUT2D eigenvalue weighted by Crippen LogP contribution is 2.20. The predicted octanol–water partition coefficient (Wildman–Crippen LogP) is 2.50. The summed E-state index contributed by atoms with van der Waals surface area (Å²) in [7, 11) is -0.447. The summed E-state index contributed by atoms with van der Waals surface area (Å²) in [6.07, 6.45) is -0.895. The van der Waals surface area contributed by atoms with Gasteiger partial charge < -0.3 is 9.84 Å². The number of sulfonamides is 1. The average molecular weight is 349 g/mol. The molecule has 1 N–H and O–H groups in total. The summed E-state index contributed by atoms with van der Waals surface area (Å²) in [5.41, 5.74) is 2.40. The minimum Gasteiger partial charge on any atom is -0.497 e. The highest BCUT2D eigenvalue weighted by molar-refractivity contribution is 7.88. The number of rotatable bonds is 7. The lowest BCUT2D eigenvalue weighted by molar-refractivity contribution is 0.155. The van der Waals surface area contributed by atoms with Crippen LogP contribution in [0.1, 0.15) is 22.8 Å². The first kappa shape index (κ1) is 18.4. The molecule has 1 unspecified atom stereocenters. The van der Waals surface area contributed by atoms with Crippen LogP contribution in [0.3, 0.4) is 0 Å². The number of aliphatic hydroxyl groups is 1. The van der Waals surface area contributed by atoms with Crippen LogP contribution in [0.2, 0.25) is 0 Å². The van der Waals surface area contributed by atoms with Gasteiger partial charge >= 0.3 is 0 Å². The summed E-state index contributed by atoms with van der Waals surface area (Å²) in [5.74, 6) is 0.604. The minimum absolute atomic E-state index is 0.000474. The van der Waals surface area contributed by atoms with E-state index in [-0.39, 0.29) is 12.3 Å². The number of ether oxygens (including phenoxy) is 1. The molecule has 2 rings (SSSR count). The van der Waals surface area contributed by atoms with Crippen molar-refractivity contribution < 1.29 is 18.3 Å². The molecule has 0 aliphatic carbocycles. The van der Waals surface area contributed by atoms with E-state index < -0.39 is 16.1 Å². The first-order valence-electron chi connectivity index (χ1n) is 7.63. The lowest BCUT2D eigenvalue weighted by Crippen LogP contribution is -2.32. The third-order valence-corrected chi connectivity index (χ3v) is 5.63. The van der Waals surface area contributed by atoms with Gasteiger partial charge in [-0.1, -0.05) is 42.0 Å². The number of aliphatic hydroxyl groups excluding tert-OH is 1. The monoisotopic (exact) mass is 349 g/mol. The van der Waals surface area contributed by atoms with E-state index in [1.165, 1.54) is 11.4 Å². The number of methoxy groups -OCH3 is 1. The standard InChI is InChI=1S/C18H23NO4S/c1-14-5-4-6-15(11-14)13-24(21,22)19(2)12-18(20)16-7-9-17(23-3)10-8-16/h4-11,18,20H,12-13H2,1-3H3. The van der Waals surface area contributed by atoms with Gasteiger partial charge in [-0.2, -0.15) is 0 Å². The molecule has 0 amide bonds. The molecule has 6 heteroatoms. The number of nitrogens with zero attached hydrogens (tertiary/aromatic N) is 1. The summed E-state index contributed by atoms with van der Waals surface area (Å²) < 4.78 is 31.2. The fourth-order valence-corrected chi connectivity index (χ4v) is 3.60. The lowest BCUT2D eigenvalue weighted by atomic mass is 10.1. The van der Waals surface area contributed by atoms with E-state index in [0.717, 1.165) is 11.1 Å². The topological polar surface area (TPSA) is 66.8 Å². The Labute approximate surface area is 143 Å². The van der Waals surface area contributed by atoms with E-state index in [2.05, 4.69) is 0 Å². The zero-order valence-electron chi connectivity index (χ0n) is 14.1. The van der Waals surface area contributed by atoms with Gasteiger partial charge in [0.15, 0.2) is 0 Å². The molecule has 0 saturated carbocycles. The third kappa shape index (κ3) is 4.80. The van der Waals surface area contributed by atoms with Gasteiger partial charge in [-0.25, -0.2) is 12.7 Å². The molecular formula is C18H23NO4S. The van der Waals surface area contributed by atoms with Crippen LogP contribution in [0.25, 0.3) is 0 Å². The summed E-state index contributed by atoms with van der Waals surface area (Å²) in [6, 6.07) is 14.3. The first-order valence-corrected chi connectivity index (χ1v) is 9.24. The molecule has 24 heavy (non-hydrogen) atoms. The van der Waals surface area contributed by atoms with Crippen molar-refractivity contribution >= 4 is 10.0 Å². The second-order valence-electron chi connectivity index (χ2n) is 5.81. The zero-order valence-corrected chi connectivity index (χ0v) is 15.0. The molecule has 0 radical (unpaired) electrons. The predicted molar refractivity (Wildman–Crippen MR) is 94.4 cm³/mol. The van der Waals surface area contributed by atoms with E-state index in [1.807, 2.05) is 25.1 Å². The Kier molecular flexibility index (Phi) is 5.99. The van der Waals surface area contributed by atoms with Crippen molar-refractivity contribution in [2.45, 2.75) is 18.8 Å². The van der Waals surface area contributed by atoms with Crippen molar-refractivity contribution in [3.8, 4) is 5.75 Å². The molecule has 0 saturated heterocycles. The molecule has 0 aromatic heterocycles. The van der Waals surface area contributed by atoms with Crippen molar-refractivity contribution in [1.29, 1.82) is 0 Å². The van der Waals surface area contributed by atoms with Gasteiger partial charge in [0.2, 0.25) is 10.0 Å². The number of aryl methyl sites for hydroxylation is 1. The van der Waals surface area contributed by atoms with E-state index in [0.29, 0.717) is 11.3 Å². The summed E-state index contributed by atoms with van der Waals surface area (Å²) in [4.78, 5) is 0. The molecule has 2 aromatic rings. The maximum atomic E-state index is 12.5. The Hall–Kier alpha value is -1.89. The van der Waals surface area contributed by atoms with Crippen molar-refractivity contribution in [3.63, 3.8) is 0 Å². The smallest absolute Gasteiger partial charge is 0.218 e. The van der Waals surface area contributed by atoms with Gasteiger partial charge in [-0.3, -0.25) is 0 Å². The maximum Gasteiger partial charge on any atom is 0.218 e. The van der Waals surface area contributed by atoms with Crippen LogP contribution in [-0.4, -0.2) is 38.5 Å². The van der Waals surface area contributed by atoms with Crippen LogP contribution in [0.15, 0.2) is 48.5 Å². The number of hydrogen-bond acceptors (Lipinski definition) is 4.